The van der Waals surface area contributed by atoms with Crippen LogP contribution in [-0.2, 0) is 0 Å². The largest absolute Gasteiger partial charge is 0.383 e. The smallest absolute Gasteiger partial charge is 0.139 e. The Morgan fingerprint density at radius 1 is 1.26 bits per heavy atom. The van der Waals surface area contributed by atoms with Crippen LogP contribution in [0.5, 0.6) is 0 Å². The molecule has 0 radical (unpaired) electrons. The molecule has 2 aromatic heterocycles. The van der Waals surface area contributed by atoms with E-state index in [0.29, 0.717) is 16.0 Å². The SMILES string of the molecule is Cc1cccc2nc(-c3ccc(F)c(Br)c3)c(N)n12. The minimum absolute atomic E-state index is 0.303. The van der Waals surface area contributed by atoms with Crippen molar-refractivity contribution in [3.63, 3.8) is 0 Å². The first-order valence-electron chi connectivity index (χ1n) is 5.77. The number of nitrogen functional groups attached to an aromatic ring is 1. The quantitative estimate of drug-likeness (QED) is 0.741. The molecule has 3 nitrogen and oxygen atoms in total. The molecule has 3 rings (SSSR count). The van der Waals surface area contributed by atoms with E-state index in [4.69, 9.17) is 5.73 Å². The van der Waals surface area contributed by atoms with E-state index in [9.17, 15) is 4.39 Å². The van der Waals surface area contributed by atoms with Crippen molar-refractivity contribution in [3.05, 3.63) is 52.4 Å². The molecule has 0 saturated carbocycles. The second kappa shape index (κ2) is 4.35. The molecular formula is C14H11BrFN3. The topological polar surface area (TPSA) is 43.3 Å². The zero-order valence-corrected chi connectivity index (χ0v) is 11.8. The highest BCUT2D eigenvalue weighted by Gasteiger charge is 2.13. The fourth-order valence-electron chi connectivity index (χ4n) is 2.14. The summed E-state index contributed by atoms with van der Waals surface area (Å²) >= 11 is 3.18. The Kier molecular flexibility index (Phi) is 2.78. The number of aromatic nitrogens is 2. The summed E-state index contributed by atoms with van der Waals surface area (Å²) in [6.07, 6.45) is 0. The summed E-state index contributed by atoms with van der Waals surface area (Å²) in [5.41, 5.74) is 9.39. The summed E-state index contributed by atoms with van der Waals surface area (Å²) in [6, 6.07) is 10.5. The Labute approximate surface area is 118 Å². The molecule has 96 valence electrons. The van der Waals surface area contributed by atoms with E-state index in [1.165, 1.54) is 6.07 Å². The van der Waals surface area contributed by atoms with Gasteiger partial charge < -0.3 is 5.73 Å². The van der Waals surface area contributed by atoms with Crippen LogP contribution in [0.15, 0.2) is 40.9 Å². The van der Waals surface area contributed by atoms with Gasteiger partial charge in [-0.3, -0.25) is 4.40 Å². The van der Waals surface area contributed by atoms with E-state index in [1.807, 2.05) is 29.5 Å². The number of pyridine rings is 1. The van der Waals surface area contributed by atoms with Crippen LogP contribution in [0.1, 0.15) is 5.69 Å². The van der Waals surface area contributed by atoms with Crippen molar-refractivity contribution in [2.75, 3.05) is 5.73 Å². The predicted octanol–water partition coefficient (Wildman–Crippen LogP) is 3.79. The molecule has 2 N–H and O–H groups in total. The van der Waals surface area contributed by atoms with Crippen molar-refractivity contribution in [2.45, 2.75) is 6.92 Å². The third kappa shape index (κ3) is 1.90. The molecule has 0 unspecified atom stereocenters. The lowest BCUT2D eigenvalue weighted by atomic mass is 10.1. The molecule has 1 aromatic carbocycles. The number of halogens is 2. The second-order valence-corrected chi connectivity index (χ2v) is 5.19. The van der Waals surface area contributed by atoms with Crippen molar-refractivity contribution in [1.29, 1.82) is 0 Å². The average Bonchev–Trinajstić information content (AvgIpc) is 2.72. The fraction of sp³-hybridized carbons (Fsp3) is 0.0714. The molecule has 0 aliphatic heterocycles. The molecule has 5 heteroatoms. The number of fused-ring (bicyclic) bond motifs is 1. The van der Waals surface area contributed by atoms with Crippen LogP contribution in [0.25, 0.3) is 16.9 Å². The Balaban J connectivity index is 2.28. The van der Waals surface area contributed by atoms with Crippen molar-refractivity contribution in [3.8, 4) is 11.3 Å². The number of imidazole rings is 1. The molecule has 0 aliphatic carbocycles. The van der Waals surface area contributed by atoms with Gasteiger partial charge in [0.15, 0.2) is 0 Å². The van der Waals surface area contributed by atoms with Gasteiger partial charge in [0.05, 0.1) is 4.47 Å². The number of hydrogen-bond donors (Lipinski definition) is 1. The van der Waals surface area contributed by atoms with Crippen molar-refractivity contribution in [2.24, 2.45) is 0 Å². The standard InChI is InChI=1S/C14H11BrFN3/c1-8-3-2-4-12-18-13(14(17)19(8)12)9-5-6-11(16)10(15)7-9/h2-7H,17H2,1H3. The van der Waals surface area contributed by atoms with Gasteiger partial charge in [0.2, 0.25) is 0 Å². The molecule has 0 atom stereocenters. The molecule has 19 heavy (non-hydrogen) atoms. The number of benzene rings is 1. The normalized spacial score (nSPS) is 11.1. The van der Waals surface area contributed by atoms with Crippen molar-refractivity contribution in [1.82, 2.24) is 9.38 Å². The molecule has 0 bridgehead atoms. The number of nitrogens with zero attached hydrogens (tertiary/aromatic N) is 2. The van der Waals surface area contributed by atoms with E-state index in [0.717, 1.165) is 16.9 Å². The minimum Gasteiger partial charge on any atom is -0.383 e. The summed E-state index contributed by atoms with van der Waals surface area (Å²) in [6.45, 7) is 1.97. The highest BCUT2D eigenvalue weighted by molar-refractivity contribution is 9.10. The highest BCUT2D eigenvalue weighted by atomic mass is 79.9. The zero-order chi connectivity index (χ0) is 13.6. The first-order chi connectivity index (χ1) is 9.08. The van der Waals surface area contributed by atoms with Crippen LogP contribution in [0, 0.1) is 12.7 Å². The summed E-state index contributed by atoms with van der Waals surface area (Å²) in [4.78, 5) is 4.51. The number of hydrogen-bond acceptors (Lipinski definition) is 2. The molecule has 0 fully saturated rings. The van der Waals surface area contributed by atoms with Crippen LogP contribution >= 0.6 is 15.9 Å². The van der Waals surface area contributed by atoms with E-state index in [2.05, 4.69) is 20.9 Å². The Hall–Kier alpha value is -1.88. The first kappa shape index (κ1) is 12.2. The van der Waals surface area contributed by atoms with Gasteiger partial charge in [0, 0.05) is 11.3 Å². The van der Waals surface area contributed by atoms with Gasteiger partial charge in [-0.15, -0.1) is 0 Å². The minimum atomic E-state index is -0.303. The Bertz CT molecular complexity index is 780. The van der Waals surface area contributed by atoms with Crippen molar-refractivity contribution < 1.29 is 4.39 Å². The molecule has 2 heterocycles. The zero-order valence-electron chi connectivity index (χ0n) is 10.2. The maximum Gasteiger partial charge on any atom is 0.139 e. The molecule has 0 amide bonds. The molecule has 3 aromatic rings. The van der Waals surface area contributed by atoms with E-state index in [1.54, 1.807) is 12.1 Å². The lowest BCUT2D eigenvalue weighted by Crippen LogP contribution is -1.97. The van der Waals surface area contributed by atoms with Crippen molar-refractivity contribution >= 4 is 27.4 Å². The van der Waals surface area contributed by atoms with Gasteiger partial charge in [-0.2, -0.15) is 0 Å². The van der Waals surface area contributed by atoms with Gasteiger partial charge in [-0.25, -0.2) is 9.37 Å². The maximum absolute atomic E-state index is 13.3. The van der Waals surface area contributed by atoms with Crippen LogP contribution in [-0.4, -0.2) is 9.38 Å². The van der Waals surface area contributed by atoms with Crippen LogP contribution in [0.4, 0.5) is 10.2 Å². The lowest BCUT2D eigenvalue weighted by Gasteiger charge is -2.03. The van der Waals surface area contributed by atoms with E-state index in [-0.39, 0.29) is 5.82 Å². The van der Waals surface area contributed by atoms with Crippen LogP contribution < -0.4 is 5.73 Å². The number of anilines is 1. The number of nitrogens with two attached hydrogens (primary N) is 1. The summed E-state index contributed by atoms with van der Waals surface area (Å²) in [7, 11) is 0. The summed E-state index contributed by atoms with van der Waals surface area (Å²) in [5, 5.41) is 0. The van der Waals surface area contributed by atoms with Crippen LogP contribution in [0.3, 0.4) is 0 Å². The van der Waals surface area contributed by atoms with Gasteiger partial charge in [-0.1, -0.05) is 6.07 Å². The third-order valence-electron chi connectivity index (χ3n) is 3.07. The maximum atomic E-state index is 13.3. The monoisotopic (exact) mass is 319 g/mol. The van der Waals surface area contributed by atoms with Crippen LogP contribution in [0.2, 0.25) is 0 Å². The number of rotatable bonds is 1. The summed E-state index contributed by atoms with van der Waals surface area (Å²) < 4.78 is 15.6. The fourth-order valence-corrected chi connectivity index (χ4v) is 2.52. The molecule has 0 spiro atoms. The van der Waals surface area contributed by atoms with Gasteiger partial charge in [-0.05, 0) is 53.2 Å². The Morgan fingerprint density at radius 3 is 2.74 bits per heavy atom. The third-order valence-corrected chi connectivity index (χ3v) is 3.68. The molecule has 0 saturated heterocycles. The Morgan fingerprint density at radius 2 is 2.05 bits per heavy atom. The average molecular weight is 320 g/mol. The molecule has 0 aliphatic rings. The van der Waals surface area contributed by atoms with E-state index >= 15 is 0 Å². The van der Waals surface area contributed by atoms with Gasteiger partial charge in [0.1, 0.15) is 23.0 Å². The van der Waals surface area contributed by atoms with Gasteiger partial charge in [0.25, 0.3) is 0 Å². The van der Waals surface area contributed by atoms with Gasteiger partial charge >= 0.3 is 0 Å². The molecular weight excluding hydrogens is 309 g/mol. The number of aryl methyl sites for hydroxylation is 1. The second-order valence-electron chi connectivity index (χ2n) is 4.34. The first-order valence-corrected chi connectivity index (χ1v) is 6.56. The lowest BCUT2D eigenvalue weighted by molar-refractivity contribution is 0.621. The predicted molar refractivity (Wildman–Crippen MR) is 77.4 cm³/mol. The summed E-state index contributed by atoms with van der Waals surface area (Å²) in [5.74, 6) is 0.258. The highest BCUT2D eigenvalue weighted by Crippen LogP contribution is 2.30. The van der Waals surface area contributed by atoms with E-state index < -0.39 is 0 Å².